The zero-order valence-electron chi connectivity index (χ0n) is 17.5. The number of benzene rings is 1. The topological polar surface area (TPSA) is 86.3 Å². The van der Waals surface area contributed by atoms with Crippen molar-refractivity contribution in [3.05, 3.63) is 72.2 Å². The number of piperidine rings is 1. The number of hydrogen-bond acceptors (Lipinski definition) is 4. The molecule has 2 amide bonds. The molecule has 2 atom stereocenters. The second kappa shape index (κ2) is 9.22. The van der Waals surface area contributed by atoms with Crippen molar-refractivity contribution in [3.8, 4) is 6.07 Å². The maximum absolute atomic E-state index is 13.3. The van der Waals surface area contributed by atoms with Crippen molar-refractivity contribution < 1.29 is 14.0 Å². The molecule has 2 aliphatic rings. The van der Waals surface area contributed by atoms with Crippen LogP contribution in [0, 0.1) is 23.2 Å². The van der Waals surface area contributed by atoms with Gasteiger partial charge in [0, 0.05) is 13.1 Å². The molecule has 1 aliphatic carbocycles. The fraction of sp³-hybridized carbons (Fsp3) is 0.400. The molecule has 0 saturated carbocycles. The van der Waals surface area contributed by atoms with Gasteiger partial charge in [0.05, 0.1) is 36.1 Å². The van der Waals surface area contributed by atoms with Crippen molar-refractivity contribution in [2.75, 3.05) is 13.1 Å². The minimum absolute atomic E-state index is 0.0158. The Labute approximate surface area is 182 Å². The number of hydrogen-bond donors (Lipinski definition) is 1. The Balaban J connectivity index is 1.40. The summed E-state index contributed by atoms with van der Waals surface area (Å²) in [5, 5.41) is 12.8. The van der Waals surface area contributed by atoms with Gasteiger partial charge in [-0.25, -0.2) is 0 Å². The summed E-state index contributed by atoms with van der Waals surface area (Å²) >= 11 is 0. The molecule has 1 saturated heterocycles. The highest BCUT2D eigenvalue weighted by molar-refractivity contribution is 5.88. The van der Waals surface area contributed by atoms with Crippen LogP contribution in [0.3, 0.4) is 0 Å². The predicted octanol–water partition coefficient (Wildman–Crippen LogP) is 3.56. The summed E-state index contributed by atoms with van der Waals surface area (Å²) in [6.07, 6.45) is 7.88. The van der Waals surface area contributed by atoms with Crippen molar-refractivity contribution in [1.82, 2.24) is 10.2 Å². The van der Waals surface area contributed by atoms with E-state index < -0.39 is 5.41 Å². The molecular formula is C25H27N3O3. The van der Waals surface area contributed by atoms with Gasteiger partial charge in [0.2, 0.25) is 11.8 Å². The van der Waals surface area contributed by atoms with Gasteiger partial charge in [-0.1, -0.05) is 42.5 Å². The average molecular weight is 418 g/mol. The van der Waals surface area contributed by atoms with Gasteiger partial charge in [-0.15, -0.1) is 0 Å². The van der Waals surface area contributed by atoms with E-state index in [2.05, 4.69) is 11.4 Å². The predicted molar refractivity (Wildman–Crippen MR) is 115 cm³/mol. The van der Waals surface area contributed by atoms with Gasteiger partial charge >= 0.3 is 0 Å². The lowest BCUT2D eigenvalue weighted by Gasteiger charge is -2.40. The Morgan fingerprint density at radius 1 is 1.06 bits per heavy atom. The number of furan rings is 1. The molecule has 160 valence electrons. The van der Waals surface area contributed by atoms with Crippen molar-refractivity contribution in [1.29, 1.82) is 5.26 Å². The zero-order chi connectivity index (χ0) is 21.7. The quantitative estimate of drug-likeness (QED) is 0.754. The van der Waals surface area contributed by atoms with E-state index in [-0.39, 0.29) is 23.7 Å². The summed E-state index contributed by atoms with van der Waals surface area (Å²) in [7, 11) is 0. The molecule has 6 heteroatoms. The minimum Gasteiger partial charge on any atom is -0.467 e. The second-order valence-electron chi connectivity index (χ2n) is 8.34. The molecule has 1 N–H and O–H groups in total. The highest BCUT2D eigenvalue weighted by Gasteiger charge is 2.41. The summed E-state index contributed by atoms with van der Waals surface area (Å²) in [6, 6.07) is 15.9. The largest absolute Gasteiger partial charge is 0.467 e. The van der Waals surface area contributed by atoms with Crippen LogP contribution in [0.15, 0.2) is 65.3 Å². The van der Waals surface area contributed by atoms with Crippen molar-refractivity contribution in [2.45, 2.75) is 37.6 Å². The number of carbonyl (C=O) groups is 2. The molecule has 1 fully saturated rings. The number of nitriles is 1. The number of likely N-dealkylation sites (tertiary alicyclic amines) is 1. The molecule has 0 radical (unpaired) electrons. The Kier molecular flexibility index (Phi) is 6.22. The van der Waals surface area contributed by atoms with Crippen molar-refractivity contribution in [3.63, 3.8) is 0 Å². The molecule has 1 aromatic carbocycles. The number of amides is 2. The highest BCUT2D eigenvalue weighted by atomic mass is 16.3. The third-order valence-electron chi connectivity index (χ3n) is 6.57. The molecule has 2 heterocycles. The molecule has 31 heavy (non-hydrogen) atoms. The summed E-state index contributed by atoms with van der Waals surface area (Å²) < 4.78 is 5.28. The second-order valence-corrected chi connectivity index (χ2v) is 8.34. The Bertz CT molecular complexity index is 967. The summed E-state index contributed by atoms with van der Waals surface area (Å²) in [5.74, 6) is -0.168. The van der Waals surface area contributed by atoms with Crippen LogP contribution in [0.4, 0.5) is 0 Å². The normalized spacial score (nSPS) is 22.5. The molecule has 2 aromatic rings. The molecule has 0 spiro atoms. The smallest absolute Gasteiger partial charge is 0.226 e. The number of nitrogens with one attached hydrogen (secondary N) is 1. The first-order valence-corrected chi connectivity index (χ1v) is 10.8. The van der Waals surface area contributed by atoms with Gasteiger partial charge in [0.1, 0.15) is 5.76 Å². The lowest BCUT2D eigenvalue weighted by Crippen LogP contribution is -2.49. The zero-order valence-corrected chi connectivity index (χ0v) is 17.5. The maximum Gasteiger partial charge on any atom is 0.226 e. The first-order chi connectivity index (χ1) is 15.1. The standard InChI is InChI=1S/C25H27N3O3/c26-18-25(19-7-2-1-3-8-19)12-14-28(15-13-25)24(30)22-11-5-4-10-21(22)23(29)27-17-20-9-6-16-31-20/h1-9,16,21-22H,10-15,17H2,(H,27,29). The van der Waals surface area contributed by atoms with Gasteiger partial charge in [-0.3, -0.25) is 9.59 Å². The van der Waals surface area contributed by atoms with Crippen LogP contribution >= 0.6 is 0 Å². The highest BCUT2D eigenvalue weighted by Crippen LogP contribution is 2.36. The van der Waals surface area contributed by atoms with Crippen LogP contribution in [-0.2, 0) is 21.5 Å². The van der Waals surface area contributed by atoms with E-state index in [0.717, 1.165) is 5.56 Å². The SMILES string of the molecule is N#CC1(c2ccccc2)CCN(C(=O)C2CC=CCC2C(=O)NCc2ccco2)CC1. The first-order valence-electron chi connectivity index (χ1n) is 10.8. The summed E-state index contributed by atoms with van der Waals surface area (Å²) in [6.45, 7) is 1.38. The fourth-order valence-electron chi connectivity index (χ4n) is 4.66. The van der Waals surface area contributed by atoms with E-state index in [9.17, 15) is 14.9 Å². The van der Waals surface area contributed by atoms with E-state index in [0.29, 0.717) is 51.1 Å². The van der Waals surface area contributed by atoms with E-state index in [1.165, 1.54) is 0 Å². The Hall–Kier alpha value is -3.33. The van der Waals surface area contributed by atoms with Crippen LogP contribution < -0.4 is 5.32 Å². The molecule has 4 rings (SSSR count). The molecule has 6 nitrogen and oxygen atoms in total. The van der Waals surface area contributed by atoms with E-state index in [4.69, 9.17) is 4.42 Å². The molecule has 1 aromatic heterocycles. The summed E-state index contributed by atoms with van der Waals surface area (Å²) in [5.41, 5.74) is 0.463. The first kappa shape index (κ1) is 20.9. The van der Waals surface area contributed by atoms with Gasteiger partial charge in [-0.2, -0.15) is 5.26 Å². The van der Waals surface area contributed by atoms with Crippen LogP contribution in [-0.4, -0.2) is 29.8 Å². The van der Waals surface area contributed by atoms with Gasteiger partial charge < -0.3 is 14.6 Å². The molecule has 2 unspecified atom stereocenters. The Morgan fingerprint density at radius 3 is 2.42 bits per heavy atom. The van der Waals surface area contributed by atoms with Crippen molar-refractivity contribution >= 4 is 11.8 Å². The van der Waals surface area contributed by atoms with Crippen LogP contribution in [0.25, 0.3) is 0 Å². The Morgan fingerprint density at radius 2 is 1.77 bits per heavy atom. The number of rotatable bonds is 5. The summed E-state index contributed by atoms with van der Waals surface area (Å²) in [4.78, 5) is 28.0. The van der Waals surface area contributed by atoms with Crippen LogP contribution in [0.1, 0.15) is 37.0 Å². The maximum atomic E-state index is 13.3. The number of carbonyl (C=O) groups excluding carboxylic acids is 2. The monoisotopic (exact) mass is 417 g/mol. The third-order valence-corrected chi connectivity index (χ3v) is 6.57. The van der Waals surface area contributed by atoms with Gasteiger partial charge in [0.15, 0.2) is 0 Å². The number of nitrogens with zero attached hydrogens (tertiary/aromatic N) is 2. The van der Waals surface area contributed by atoms with E-state index in [1.54, 1.807) is 12.3 Å². The van der Waals surface area contributed by atoms with Gasteiger partial charge in [-0.05, 0) is 43.4 Å². The minimum atomic E-state index is -0.551. The van der Waals surface area contributed by atoms with E-state index in [1.807, 2.05) is 53.5 Å². The van der Waals surface area contributed by atoms with Crippen molar-refractivity contribution in [2.24, 2.45) is 11.8 Å². The third kappa shape index (κ3) is 4.41. The molecule has 0 bridgehead atoms. The fourth-order valence-corrected chi connectivity index (χ4v) is 4.66. The van der Waals surface area contributed by atoms with Crippen LogP contribution in [0.5, 0.6) is 0 Å². The lowest BCUT2D eigenvalue weighted by atomic mass is 9.73. The lowest BCUT2D eigenvalue weighted by molar-refractivity contribution is -0.143. The number of allylic oxidation sites excluding steroid dienone is 2. The molecular weight excluding hydrogens is 390 g/mol. The van der Waals surface area contributed by atoms with Crippen LogP contribution in [0.2, 0.25) is 0 Å². The average Bonchev–Trinajstić information content (AvgIpc) is 3.36. The van der Waals surface area contributed by atoms with Gasteiger partial charge in [0.25, 0.3) is 0 Å². The molecule has 1 aliphatic heterocycles. The van der Waals surface area contributed by atoms with E-state index >= 15 is 0 Å².